The molecule has 1 aromatic rings. The van der Waals surface area contributed by atoms with E-state index in [1.54, 1.807) is 4.90 Å². The summed E-state index contributed by atoms with van der Waals surface area (Å²) in [6.07, 6.45) is 0.743. The highest BCUT2D eigenvalue weighted by Crippen LogP contribution is 2.27. The Morgan fingerprint density at radius 1 is 1.35 bits per heavy atom. The van der Waals surface area contributed by atoms with Gasteiger partial charge in [-0.2, -0.15) is 0 Å². The first kappa shape index (κ1) is 16.7. The smallest absolute Gasteiger partial charge is 0.325 e. The molecule has 0 amide bonds. The lowest BCUT2D eigenvalue weighted by molar-refractivity contribution is -0.147. The SMILES string of the molecule is COC(=O)C1(N)CCN(c2ccc(F)cc2F)CC1.Cl. The average molecular weight is 307 g/mol. The molecular weight excluding hydrogens is 290 g/mol. The van der Waals surface area contributed by atoms with Crippen molar-refractivity contribution < 1.29 is 18.3 Å². The molecule has 1 aliphatic heterocycles. The van der Waals surface area contributed by atoms with Gasteiger partial charge in [-0.1, -0.05) is 0 Å². The van der Waals surface area contributed by atoms with Gasteiger partial charge in [-0.05, 0) is 25.0 Å². The number of benzene rings is 1. The van der Waals surface area contributed by atoms with E-state index in [1.807, 2.05) is 0 Å². The van der Waals surface area contributed by atoms with Crippen molar-refractivity contribution in [1.29, 1.82) is 0 Å². The van der Waals surface area contributed by atoms with E-state index in [-0.39, 0.29) is 12.4 Å². The summed E-state index contributed by atoms with van der Waals surface area (Å²) in [7, 11) is 1.29. The van der Waals surface area contributed by atoms with Crippen LogP contribution in [0.15, 0.2) is 18.2 Å². The summed E-state index contributed by atoms with van der Waals surface area (Å²) in [6.45, 7) is 0.850. The van der Waals surface area contributed by atoms with Crippen LogP contribution in [0, 0.1) is 11.6 Å². The monoisotopic (exact) mass is 306 g/mol. The summed E-state index contributed by atoms with van der Waals surface area (Å²) in [5.74, 6) is -1.67. The van der Waals surface area contributed by atoms with Crippen molar-refractivity contribution in [2.24, 2.45) is 5.73 Å². The number of piperidine rings is 1. The van der Waals surface area contributed by atoms with Gasteiger partial charge < -0.3 is 15.4 Å². The fourth-order valence-electron chi connectivity index (χ4n) is 2.29. The van der Waals surface area contributed by atoms with Crippen molar-refractivity contribution >= 4 is 24.1 Å². The van der Waals surface area contributed by atoms with Crippen LogP contribution >= 0.6 is 12.4 Å². The average Bonchev–Trinajstić information content (AvgIpc) is 2.39. The first-order chi connectivity index (χ1) is 8.96. The van der Waals surface area contributed by atoms with E-state index in [9.17, 15) is 13.6 Å². The Bertz CT molecular complexity index is 491. The highest BCUT2D eigenvalue weighted by Gasteiger charge is 2.39. The number of nitrogens with two attached hydrogens (primary N) is 1. The van der Waals surface area contributed by atoms with E-state index >= 15 is 0 Å². The van der Waals surface area contributed by atoms with Crippen LogP contribution in [0.4, 0.5) is 14.5 Å². The predicted octanol–water partition coefficient (Wildman–Crippen LogP) is 1.86. The summed E-state index contributed by atoms with van der Waals surface area (Å²) in [5, 5.41) is 0. The molecule has 0 saturated carbocycles. The number of halogens is 3. The van der Waals surface area contributed by atoms with Crippen LogP contribution in [-0.4, -0.2) is 31.7 Å². The van der Waals surface area contributed by atoms with Crippen LogP contribution in [0.25, 0.3) is 0 Å². The predicted molar refractivity (Wildman–Crippen MR) is 74.0 cm³/mol. The lowest BCUT2D eigenvalue weighted by Crippen LogP contribution is -2.56. The Morgan fingerprint density at radius 3 is 2.45 bits per heavy atom. The Kier molecular flexibility index (Phi) is 5.30. The molecule has 1 saturated heterocycles. The van der Waals surface area contributed by atoms with Gasteiger partial charge in [0.15, 0.2) is 0 Å². The van der Waals surface area contributed by atoms with E-state index in [1.165, 1.54) is 19.2 Å². The van der Waals surface area contributed by atoms with Gasteiger partial charge in [0.25, 0.3) is 0 Å². The molecule has 2 rings (SSSR count). The van der Waals surface area contributed by atoms with E-state index < -0.39 is 23.1 Å². The molecule has 7 heteroatoms. The first-order valence-electron chi connectivity index (χ1n) is 6.03. The molecule has 0 bridgehead atoms. The van der Waals surface area contributed by atoms with Crippen molar-refractivity contribution in [3.63, 3.8) is 0 Å². The van der Waals surface area contributed by atoms with E-state index in [0.717, 1.165) is 6.07 Å². The van der Waals surface area contributed by atoms with Crippen LogP contribution in [-0.2, 0) is 9.53 Å². The molecule has 0 unspecified atom stereocenters. The maximum Gasteiger partial charge on any atom is 0.325 e. The van der Waals surface area contributed by atoms with Crippen molar-refractivity contribution in [2.45, 2.75) is 18.4 Å². The van der Waals surface area contributed by atoms with Crippen LogP contribution in [0.3, 0.4) is 0 Å². The van der Waals surface area contributed by atoms with Crippen LogP contribution < -0.4 is 10.6 Å². The molecule has 0 atom stereocenters. The molecule has 2 N–H and O–H groups in total. The third-order valence-electron chi connectivity index (χ3n) is 3.50. The zero-order chi connectivity index (χ0) is 14.0. The van der Waals surface area contributed by atoms with Crippen molar-refractivity contribution in [3.05, 3.63) is 29.8 Å². The molecule has 1 aromatic carbocycles. The van der Waals surface area contributed by atoms with Gasteiger partial charge in [-0.15, -0.1) is 12.4 Å². The summed E-state index contributed by atoms with van der Waals surface area (Å²) < 4.78 is 31.2. The topological polar surface area (TPSA) is 55.6 Å². The van der Waals surface area contributed by atoms with Crippen LogP contribution in [0.2, 0.25) is 0 Å². The Hall–Kier alpha value is -1.40. The third-order valence-corrected chi connectivity index (χ3v) is 3.50. The van der Waals surface area contributed by atoms with Gasteiger partial charge in [-0.25, -0.2) is 8.78 Å². The second-order valence-electron chi connectivity index (χ2n) is 4.73. The van der Waals surface area contributed by atoms with Gasteiger partial charge in [0.2, 0.25) is 0 Å². The largest absolute Gasteiger partial charge is 0.468 e. The first-order valence-corrected chi connectivity index (χ1v) is 6.03. The van der Waals surface area contributed by atoms with Gasteiger partial charge in [-0.3, -0.25) is 4.79 Å². The Balaban J connectivity index is 0.00000200. The summed E-state index contributed by atoms with van der Waals surface area (Å²) in [4.78, 5) is 13.3. The molecule has 20 heavy (non-hydrogen) atoms. The maximum absolute atomic E-state index is 13.6. The normalized spacial score (nSPS) is 17.3. The van der Waals surface area contributed by atoms with E-state index in [4.69, 9.17) is 5.73 Å². The second kappa shape index (κ2) is 6.37. The molecule has 0 radical (unpaired) electrons. The number of carbonyl (C=O) groups is 1. The quantitative estimate of drug-likeness (QED) is 0.847. The number of carbonyl (C=O) groups excluding carboxylic acids is 1. The highest BCUT2D eigenvalue weighted by atomic mass is 35.5. The molecule has 0 aromatic heterocycles. The number of nitrogens with zero attached hydrogens (tertiary/aromatic N) is 1. The van der Waals surface area contributed by atoms with Crippen molar-refractivity contribution in [1.82, 2.24) is 0 Å². The zero-order valence-corrected chi connectivity index (χ0v) is 11.9. The maximum atomic E-state index is 13.6. The highest BCUT2D eigenvalue weighted by molar-refractivity contribution is 5.85. The van der Waals surface area contributed by atoms with Gasteiger partial charge in [0.05, 0.1) is 12.8 Å². The standard InChI is InChI=1S/C13H16F2N2O2.ClH/c1-19-12(18)13(16)4-6-17(7-5-13)11-3-2-9(14)8-10(11)15;/h2-3,8H,4-7,16H2,1H3;1H. The van der Waals surface area contributed by atoms with Gasteiger partial charge in [0, 0.05) is 19.2 Å². The van der Waals surface area contributed by atoms with Crippen LogP contribution in [0.1, 0.15) is 12.8 Å². The molecule has 112 valence electrons. The van der Waals surface area contributed by atoms with Gasteiger partial charge >= 0.3 is 5.97 Å². The Morgan fingerprint density at radius 2 is 1.95 bits per heavy atom. The number of hydrogen-bond donors (Lipinski definition) is 1. The molecule has 4 nitrogen and oxygen atoms in total. The number of ether oxygens (including phenoxy) is 1. The lowest BCUT2D eigenvalue weighted by atomic mass is 9.88. The van der Waals surface area contributed by atoms with Crippen LogP contribution in [0.5, 0.6) is 0 Å². The molecule has 0 aliphatic carbocycles. The fraction of sp³-hybridized carbons (Fsp3) is 0.462. The minimum Gasteiger partial charge on any atom is -0.468 e. The Labute approximate surface area is 122 Å². The summed E-state index contributed by atoms with van der Waals surface area (Å²) >= 11 is 0. The van der Waals surface area contributed by atoms with E-state index in [0.29, 0.717) is 31.6 Å². The second-order valence-corrected chi connectivity index (χ2v) is 4.73. The molecule has 1 heterocycles. The number of methoxy groups -OCH3 is 1. The zero-order valence-electron chi connectivity index (χ0n) is 11.1. The fourth-order valence-corrected chi connectivity index (χ4v) is 2.29. The molecule has 1 fully saturated rings. The lowest BCUT2D eigenvalue weighted by Gasteiger charge is -2.38. The third kappa shape index (κ3) is 3.19. The number of anilines is 1. The van der Waals surface area contributed by atoms with E-state index in [2.05, 4.69) is 4.74 Å². The number of rotatable bonds is 2. The van der Waals surface area contributed by atoms with Crippen molar-refractivity contribution in [3.8, 4) is 0 Å². The van der Waals surface area contributed by atoms with Crippen molar-refractivity contribution in [2.75, 3.05) is 25.1 Å². The van der Waals surface area contributed by atoms with Gasteiger partial charge in [0.1, 0.15) is 17.2 Å². The summed E-state index contributed by atoms with van der Waals surface area (Å²) in [6, 6.07) is 3.45. The number of hydrogen-bond acceptors (Lipinski definition) is 4. The minimum atomic E-state index is -1.01. The summed E-state index contributed by atoms with van der Waals surface area (Å²) in [5.41, 5.74) is 5.28. The molecule has 0 spiro atoms. The molecule has 1 aliphatic rings. The molecular formula is C13H17ClF2N2O2. The minimum absolute atomic E-state index is 0. The number of esters is 1.